The van der Waals surface area contributed by atoms with Crippen LogP contribution in [0.2, 0.25) is 0 Å². The monoisotopic (exact) mass is 349 g/mol. The van der Waals surface area contributed by atoms with Crippen LogP contribution in [0, 0.1) is 6.92 Å². The number of rotatable bonds is 6. The summed E-state index contributed by atoms with van der Waals surface area (Å²) in [6.07, 6.45) is 6.14. The van der Waals surface area contributed by atoms with Gasteiger partial charge in [0.2, 0.25) is 11.7 Å². The lowest BCUT2D eigenvalue weighted by Crippen LogP contribution is -2.23. The van der Waals surface area contributed by atoms with Crippen molar-refractivity contribution in [2.45, 2.75) is 38.9 Å². The first-order valence-corrected chi connectivity index (χ1v) is 9.01. The predicted octanol–water partition coefficient (Wildman–Crippen LogP) is 3.76. The van der Waals surface area contributed by atoms with Crippen molar-refractivity contribution < 1.29 is 4.52 Å². The van der Waals surface area contributed by atoms with Crippen molar-refractivity contribution in [2.24, 2.45) is 0 Å². The van der Waals surface area contributed by atoms with E-state index in [-0.39, 0.29) is 6.04 Å². The summed E-state index contributed by atoms with van der Waals surface area (Å²) >= 11 is 0. The largest absolute Gasteiger partial charge is 0.337 e. The Kier molecular flexibility index (Phi) is 4.67. The Morgan fingerprint density at radius 2 is 2.15 bits per heavy atom. The third kappa shape index (κ3) is 3.32. The van der Waals surface area contributed by atoms with Crippen LogP contribution in [0.25, 0.3) is 11.4 Å². The summed E-state index contributed by atoms with van der Waals surface area (Å²) in [5.41, 5.74) is 3.28. The molecule has 134 valence electrons. The quantitative estimate of drug-likeness (QED) is 0.634. The molecule has 4 rings (SSSR count). The molecule has 0 bridgehead atoms. The van der Waals surface area contributed by atoms with E-state index >= 15 is 0 Å². The molecule has 0 saturated carbocycles. The minimum absolute atomic E-state index is 0.169. The zero-order valence-electron chi connectivity index (χ0n) is 15.0. The topological polar surface area (TPSA) is 60.0 Å². The lowest BCUT2D eigenvalue weighted by molar-refractivity contribution is 0.201. The van der Waals surface area contributed by atoms with Crippen LogP contribution in [0.1, 0.15) is 36.0 Å². The zero-order chi connectivity index (χ0) is 17.9. The minimum atomic E-state index is 0.169. The maximum absolute atomic E-state index is 5.61. The maximum Gasteiger partial charge on any atom is 0.244 e. The van der Waals surface area contributed by atoms with Gasteiger partial charge in [0.1, 0.15) is 0 Å². The van der Waals surface area contributed by atoms with E-state index in [0.717, 1.165) is 43.7 Å². The van der Waals surface area contributed by atoms with E-state index in [1.807, 2.05) is 41.1 Å². The lowest BCUT2D eigenvalue weighted by Gasteiger charge is -2.20. The van der Waals surface area contributed by atoms with Gasteiger partial charge in [0, 0.05) is 23.9 Å². The Morgan fingerprint density at radius 3 is 2.96 bits per heavy atom. The second-order valence-corrected chi connectivity index (χ2v) is 6.70. The van der Waals surface area contributed by atoms with Crippen LogP contribution in [-0.4, -0.2) is 31.4 Å². The highest BCUT2D eigenvalue weighted by Crippen LogP contribution is 2.33. The highest BCUT2D eigenvalue weighted by atomic mass is 16.5. The minimum Gasteiger partial charge on any atom is -0.337 e. The molecule has 1 saturated heterocycles. The second-order valence-electron chi connectivity index (χ2n) is 6.70. The smallest absolute Gasteiger partial charge is 0.244 e. The van der Waals surface area contributed by atoms with Crippen molar-refractivity contribution >= 4 is 0 Å². The molecule has 1 aromatic carbocycles. The average molecular weight is 349 g/mol. The predicted molar refractivity (Wildman–Crippen MR) is 99.3 cm³/mol. The summed E-state index contributed by atoms with van der Waals surface area (Å²) in [7, 11) is 0. The van der Waals surface area contributed by atoms with E-state index in [2.05, 4.69) is 39.8 Å². The van der Waals surface area contributed by atoms with E-state index in [1.54, 1.807) is 0 Å². The van der Waals surface area contributed by atoms with E-state index in [1.165, 1.54) is 5.56 Å². The van der Waals surface area contributed by atoms with Crippen LogP contribution < -0.4 is 0 Å². The first-order valence-electron chi connectivity index (χ1n) is 9.01. The molecule has 0 unspecified atom stereocenters. The Morgan fingerprint density at radius 1 is 1.31 bits per heavy atom. The fourth-order valence-electron chi connectivity index (χ4n) is 3.53. The molecule has 26 heavy (non-hydrogen) atoms. The summed E-state index contributed by atoms with van der Waals surface area (Å²) in [4.78, 5) is 7.07. The van der Waals surface area contributed by atoms with Gasteiger partial charge >= 0.3 is 0 Å². The van der Waals surface area contributed by atoms with Gasteiger partial charge in [0.25, 0.3) is 0 Å². The highest BCUT2D eigenvalue weighted by molar-refractivity contribution is 5.53. The van der Waals surface area contributed by atoms with Crippen LogP contribution in [0.15, 0.2) is 53.7 Å². The fraction of sp³-hybridized carbons (Fsp3) is 0.350. The average Bonchev–Trinajstić information content (AvgIpc) is 3.37. The van der Waals surface area contributed by atoms with Gasteiger partial charge in [-0.15, -0.1) is 6.58 Å². The molecule has 0 N–H and O–H groups in total. The number of hydrogen-bond donors (Lipinski definition) is 0. The Bertz CT molecular complexity index is 883. The van der Waals surface area contributed by atoms with Gasteiger partial charge < -0.3 is 4.52 Å². The second kappa shape index (κ2) is 7.25. The van der Waals surface area contributed by atoms with Crippen LogP contribution in [0.4, 0.5) is 0 Å². The van der Waals surface area contributed by atoms with E-state index < -0.39 is 0 Å². The molecule has 0 radical (unpaired) electrons. The molecule has 3 heterocycles. The van der Waals surface area contributed by atoms with Crippen molar-refractivity contribution in [1.82, 2.24) is 24.8 Å². The van der Waals surface area contributed by atoms with Crippen molar-refractivity contribution in [3.8, 4) is 11.4 Å². The summed E-state index contributed by atoms with van der Waals surface area (Å²) in [5, 5.41) is 8.73. The van der Waals surface area contributed by atoms with Gasteiger partial charge in [-0.2, -0.15) is 10.1 Å². The molecule has 0 spiro atoms. The van der Waals surface area contributed by atoms with E-state index in [4.69, 9.17) is 4.52 Å². The standard InChI is InChI=1S/C20H23N5O/c1-3-11-25-14-17(15(2)22-25)13-24-12-7-10-18(24)20-21-19(23-26-20)16-8-5-4-6-9-16/h3-6,8-9,14,18H,1,7,10-13H2,2H3/t18-/m0/s1. The van der Waals surface area contributed by atoms with Crippen molar-refractivity contribution in [3.63, 3.8) is 0 Å². The van der Waals surface area contributed by atoms with E-state index in [9.17, 15) is 0 Å². The molecule has 3 aromatic rings. The van der Waals surface area contributed by atoms with Crippen LogP contribution in [0.5, 0.6) is 0 Å². The normalized spacial score (nSPS) is 17.7. The third-order valence-corrected chi connectivity index (χ3v) is 4.86. The molecule has 6 heteroatoms. The number of benzene rings is 1. The van der Waals surface area contributed by atoms with Crippen LogP contribution in [-0.2, 0) is 13.1 Å². The lowest BCUT2D eigenvalue weighted by atomic mass is 10.2. The van der Waals surface area contributed by atoms with Crippen molar-refractivity contribution in [2.75, 3.05) is 6.54 Å². The number of likely N-dealkylation sites (tertiary alicyclic amines) is 1. The third-order valence-electron chi connectivity index (χ3n) is 4.86. The van der Waals surface area contributed by atoms with Crippen molar-refractivity contribution in [1.29, 1.82) is 0 Å². The van der Waals surface area contributed by atoms with Crippen molar-refractivity contribution in [3.05, 3.63) is 66.3 Å². The fourth-order valence-corrected chi connectivity index (χ4v) is 3.53. The van der Waals surface area contributed by atoms with Gasteiger partial charge in [-0.3, -0.25) is 9.58 Å². The van der Waals surface area contributed by atoms with Gasteiger partial charge in [-0.25, -0.2) is 0 Å². The molecule has 0 aliphatic carbocycles. The summed E-state index contributed by atoms with van der Waals surface area (Å²) in [5.74, 6) is 1.36. The Balaban J connectivity index is 1.52. The summed E-state index contributed by atoms with van der Waals surface area (Å²) in [6.45, 7) is 8.44. The van der Waals surface area contributed by atoms with Gasteiger partial charge in [-0.05, 0) is 26.3 Å². The Hall–Kier alpha value is -2.73. The SMILES string of the molecule is C=CCn1cc(CN2CCC[C@H]2c2nc(-c3ccccc3)no2)c(C)n1. The molecule has 2 aromatic heterocycles. The molecule has 1 aliphatic heterocycles. The van der Waals surface area contributed by atoms with E-state index in [0.29, 0.717) is 11.7 Å². The molecule has 1 aliphatic rings. The zero-order valence-corrected chi connectivity index (χ0v) is 15.0. The first-order chi connectivity index (χ1) is 12.7. The summed E-state index contributed by atoms with van der Waals surface area (Å²) in [6, 6.07) is 10.1. The number of aryl methyl sites for hydroxylation is 1. The molecular formula is C20H23N5O. The molecule has 6 nitrogen and oxygen atoms in total. The maximum atomic E-state index is 5.61. The van der Waals surface area contributed by atoms with Crippen LogP contribution in [0.3, 0.4) is 0 Å². The number of hydrogen-bond acceptors (Lipinski definition) is 5. The highest BCUT2D eigenvalue weighted by Gasteiger charge is 2.31. The number of aromatic nitrogens is 4. The first kappa shape index (κ1) is 16.7. The molecule has 1 atom stereocenters. The number of allylic oxidation sites excluding steroid dienone is 1. The van der Waals surface area contributed by atoms with Crippen LogP contribution >= 0.6 is 0 Å². The summed E-state index contributed by atoms with van der Waals surface area (Å²) < 4.78 is 7.54. The molecule has 1 fully saturated rings. The van der Waals surface area contributed by atoms with Gasteiger partial charge in [0.15, 0.2) is 0 Å². The number of nitrogens with zero attached hydrogens (tertiary/aromatic N) is 5. The van der Waals surface area contributed by atoms with Gasteiger partial charge in [0.05, 0.1) is 18.3 Å². The molecular weight excluding hydrogens is 326 g/mol. The Labute approximate surface area is 153 Å². The molecule has 0 amide bonds. The van der Waals surface area contributed by atoms with Gasteiger partial charge in [-0.1, -0.05) is 41.6 Å².